The van der Waals surface area contributed by atoms with Crippen LogP contribution in [-0.2, 0) is 5.41 Å². The normalized spacial score (nSPS) is 13.5. The number of benzene rings is 4. The van der Waals surface area contributed by atoms with Crippen molar-refractivity contribution in [1.29, 1.82) is 0 Å². The summed E-state index contributed by atoms with van der Waals surface area (Å²) in [7, 11) is 0. The van der Waals surface area contributed by atoms with Crippen molar-refractivity contribution in [2.24, 2.45) is 0 Å². The van der Waals surface area contributed by atoms with Gasteiger partial charge in [-0.3, -0.25) is 0 Å². The lowest BCUT2D eigenvalue weighted by Crippen LogP contribution is -2.23. The summed E-state index contributed by atoms with van der Waals surface area (Å²) in [5.41, 5.74) is 9.23. The van der Waals surface area contributed by atoms with Gasteiger partial charge in [-0.05, 0) is 83.6 Å². The Morgan fingerprint density at radius 2 is 1.13 bits per heavy atom. The number of hydrogen-bond acceptors (Lipinski definition) is 1. The van der Waals surface area contributed by atoms with Crippen LogP contribution in [0.2, 0.25) is 0 Å². The van der Waals surface area contributed by atoms with Gasteiger partial charge in [-0.15, -0.1) is 0 Å². The topological polar surface area (TPSA) is 3.24 Å². The second kappa shape index (κ2) is 8.01. The van der Waals surface area contributed by atoms with Crippen LogP contribution in [0.25, 0.3) is 11.1 Å². The minimum atomic E-state index is 0.0451. The highest BCUT2D eigenvalue weighted by atomic mass is 79.9. The summed E-state index contributed by atoms with van der Waals surface area (Å²) in [6, 6.07) is 35.1. The molecule has 154 valence electrons. The first-order valence-corrected chi connectivity index (χ1v) is 11.8. The summed E-state index contributed by atoms with van der Waals surface area (Å²) in [6.45, 7) is 4.64. The van der Waals surface area contributed by atoms with E-state index in [1.807, 2.05) is 0 Å². The van der Waals surface area contributed by atoms with Gasteiger partial charge in [-0.2, -0.15) is 0 Å². The Bertz CT molecular complexity index is 1170. The molecule has 0 spiro atoms. The van der Waals surface area contributed by atoms with Crippen molar-refractivity contribution >= 4 is 33.0 Å². The van der Waals surface area contributed by atoms with Crippen molar-refractivity contribution in [2.45, 2.75) is 32.1 Å². The van der Waals surface area contributed by atoms with E-state index in [1.54, 1.807) is 0 Å². The van der Waals surface area contributed by atoms with E-state index in [0.717, 1.165) is 17.3 Å². The van der Waals surface area contributed by atoms with Crippen LogP contribution in [0.5, 0.6) is 0 Å². The molecule has 0 heterocycles. The highest BCUT2D eigenvalue weighted by Gasteiger charge is 2.41. The first-order valence-electron chi connectivity index (χ1n) is 11.0. The van der Waals surface area contributed by atoms with Crippen molar-refractivity contribution in [1.82, 2.24) is 0 Å². The van der Waals surface area contributed by atoms with Crippen LogP contribution < -0.4 is 4.90 Å². The van der Waals surface area contributed by atoms with Gasteiger partial charge in [0.05, 0.1) is 0 Å². The molecule has 0 saturated carbocycles. The van der Waals surface area contributed by atoms with Crippen LogP contribution in [0.15, 0.2) is 102 Å². The molecule has 0 fully saturated rings. The predicted molar refractivity (Wildman–Crippen MR) is 136 cm³/mol. The first-order chi connectivity index (χ1) is 15.2. The summed E-state index contributed by atoms with van der Waals surface area (Å²) in [5.74, 6) is 0. The fraction of sp³-hybridized carbons (Fsp3) is 0.172. The molecule has 0 aliphatic heterocycles. The van der Waals surface area contributed by atoms with E-state index in [0.29, 0.717) is 0 Å². The fourth-order valence-corrected chi connectivity index (χ4v) is 5.57. The molecule has 0 saturated heterocycles. The number of fused-ring (bicyclic) bond motifs is 3. The second-order valence-electron chi connectivity index (χ2n) is 8.22. The Morgan fingerprint density at radius 3 is 1.68 bits per heavy atom. The molecule has 0 bridgehead atoms. The molecular weight excluding hydrogens is 442 g/mol. The van der Waals surface area contributed by atoms with E-state index in [-0.39, 0.29) is 5.41 Å². The van der Waals surface area contributed by atoms with Crippen molar-refractivity contribution in [2.75, 3.05) is 4.90 Å². The summed E-state index contributed by atoms with van der Waals surface area (Å²) < 4.78 is 1.15. The van der Waals surface area contributed by atoms with Crippen LogP contribution >= 0.6 is 15.9 Å². The lowest BCUT2D eigenvalue weighted by molar-refractivity contribution is 0.490. The van der Waals surface area contributed by atoms with Crippen molar-refractivity contribution in [3.8, 4) is 11.1 Å². The van der Waals surface area contributed by atoms with Gasteiger partial charge >= 0.3 is 0 Å². The fourth-order valence-electron chi connectivity index (χ4n) is 5.21. The van der Waals surface area contributed by atoms with Crippen LogP contribution in [0.1, 0.15) is 37.8 Å². The van der Waals surface area contributed by atoms with Crippen LogP contribution in [0.4, 0.5) is 17.1 Å². The number of nitrogens with zero attached hydrogens (tertiary/aromatic N) is 1. The molecular formula is C29H26BrN. The van der Waals surface area contributed by atoms with E-state index in [1.165, 1.54) is 39.3 Å². The van der Waals surface area contributed by atoms with Gasteiger partial charge in [-0.1, -0.05) is 78.3 Å². The monoisotopic (exact) mass is 467 g/mol. The third-order valence-corrected chi connectivity index (χ3v) is 7.29. The molecule has 1 aliphatic rings. The maximum absolute atomic E-state index is 3.71. The highest BCUT2D eigenvalue weighted by Crippen LogP contribution is 2.54. The molecule has 0 radical (unpaired) electrons. The molecule has 0 N–H and O–H groups in total. The Morgan fingerprint density at radius 1 is 0.613 bits per heavy atom. The molecule has 0 atom stereocenters. The number of para-hydroxylation sites is 2. The third-order valence-electron chi connectivity index (χ3n) is 6.80. The second-order valence-corrected chi connectivity index (χ2v) is 9.13. The number of hydrogen-bond donors (Lipinski definition) is 0. The summed E-state index contributed by atoms with van der Waals surface area (Å²) in [6.07, 6.45) is 2.17. The van der Waals surface area contributed by atoms with Gasteiger partial charge in [0, 0.05) is 26.9 Å². The van der Waals surface area contributed by atoms with Gasteiger partial charge in [0.15, 0.2) is 0 Å². The molecule has 4 aromatic rings. The molecule has 0 aromatic heterocycles. The standard InChI is InChI=1S/C29H26BrN/c1-3-29(4-2)27-19-21(30)15-17-25(27)26-18-16-24(20-28(26)29)31(22-11-7-5-8-12-22)23-13-9-6-10-14-23/h5-20H,3-4H2,1-2H3. The minimum Gasteiger partial charge on any atom is -0.310 e. The quantitative estimate of drug-likeness (QED) is 0.282. The summed E-state index contributed by atoms with van der Waals surface area (Å²) >= 11 is 3.71. The van der Waals surface area contributed by atoms with Gasteiger partial charge in [0.25, 0.3) is 0 Å². The summed E-state index contributed by atoms with van der Waals surface area (Å²) in [5, 5.41) is 0. The molecule has 4 aromatic carbocycles. The molecule has 0 amide bonds. The molecule has 1 nitrogen and oxygen atoms in total. The lowest BCUT2D eigenvalue weighted by atomic mass is 9.74. The third kappa shape index (κ3) is 3.21. The minimum absolute atomic E-state index is 0.0451. The zero-order valence-electron chi connectivity index (χ0n) is 18.0. The average molecular weight is 468 g/mol. The van der Waals surface area contributed by atoms with Crippen LogP contribution in [0, 0.1) is 0 Å². The zero-order valence-corrected chi connectivity index (χ0v) is 19.6. The summed E-state index contributed by atoms with van der Waals surface area (Å²) in [4.78, 5) is 2.36. The largest absolute Gasteiger partial charge is 0.310 e. The van der Waals surface area contributed by atoms with Gasteiger partial charge in [0.2, 0.25) is 0 Å². The van der Waals surface area contributed by atoms with Crippen molar-refractivity contribution in [3.05, 3.63) is 113 Å². The highest BCUT2D eigenvalue weighted by molar-refractivity contribution is 9.10. The van der Waals surface area contributed by atoms with Crippen LogP contribution in [0.3, 0.4) is 0 Å². The molecule has 2 heteroatoms. The average Bonchev–Trinajstić information content (AvgIpc) is 3.09. The lowest BCUT2D eigenvalue weighted by Gasteiger charge is -2.31. The number of anilines is 3. The Labute approximate surface area is 193 Å². The zero-order chi connectivity index (χ0) is 21.4. The van der Waals surface area contributed by atoms with Crippen molar-refractivity contribution < 1.29 is 0 Å². The Kier molecular flexibility index (Phi) is 5.19. The van der Waals surface area contributed by atoms with E-state index in [4.69, 9.17) is 0 Å². The van der Waals surface area contributed by atoms with E-state index in [2.05, 4.69) is 132 Å². The van der Waals surface area contributed by atoms with E-state index >= 15 is 0 Å². The smallest absolute Gasteiger partial charge is 0.0465 e. The first kappa shape index (κ1) is 20.1. The van der Waals surface area contributed by atoms with E-state index < -0.39 is 0 Å². The number of halogens is 1. The number of rotatable bonds is 5. The van der Waals surface area contributed by atoms with Gasteiger partial charge < -0.3 is 4.90 Å². The maximum Gasteiger partial charge on any atom is 0.0465 e. The maximum atomic E-state index is 3.71. The molecule has 5 rings (SSSR count). The molecule has 1 aliphatic carbocycles. The van der Waals surface area contributed by atoms with Gasteiger partial charge in [-0.25, -0.2) is 0 Å². The van der Waals surface area contributed by atoms with Gasteiger partial charge in [0.1, 0.15) is 0 Å². The molecule has 0 unspecified atom stereocenters. The predicted octanol–water partition coefficient (Wildman–Crippen LogP) is 9.01. The molecule has 31 heavy (non-hydrogen) atoms. The van der Waals surface area contributed by atoms with Crippen LogP contribution in [-0.4, -0.2) is 0 Å². The Hall–Kier alpha value is -2.84. The Balaban J connectivity index is 1.73. The van der Waals surface area contributed by atoms with E-state index in [9.17, 15) is 0 Å². The SMILES string of the molecule is CCC1(CC)c2cc(Br)ccc2-c2ccc(N(c3ccccc3)c3ccccc3)cc21. The van der Waals surface area contributed by atoms with Crippen molar-refractivity contribution in [3.63, 3.8) is 0 Å².